The molecule has 0 saturated carbocycles. The molecule has 0 radical (unpaired) electrons. The Bertz CT molecular complexity index is 1390. The third-order valence-corrected chi connectivity index (χ3v) is 8.38. The molecule has 294 valence electrons. The Morgan fingerprint density at radius 1 is 0.849 bits per heavy atom. The first-order chi connectivity index (χ1) is 25.4. The van der Waals surface area contributed by atoms with Crippen LogP contribution in [0, 0.1) is 17.8 Å². The maximum absolute atomic E-state index is 13.7. The second kappa shape index (κ2) is 27.0. The summed E-state index contributed by atoms with van der Waals surface area (Å²) in [6, 6.07) is 5.05. The lowest BCUT2D eigenvalue weighted by Gasteiger charge is -2.29. The van der Waals surface area contributed by atoms with Crippen LogP contribution in [0.5, 0.6) is 5.75 Å². The Hall–Kier alpha value is -4.70. The van der Waals surface area contributed by atoms with Crippen molar-refractivity contribution in [2.24, 2.45) is 5.92 Å². The molecule has 3 atom stereocenters. The van der Waals surface area contributed by atoms with E-state index in [0.29, 0.717) is 43.4 Å². The summed E-state index contributed by atoms with van der Waals surface area (Å²) in [7, 11) is 0. The smallest absolute Gasteiger partial charge is 0.337 e. The summed E-state index contributed by atoms with van der Waals surface area (Å²) in [4.78, 5) is 74.7. The number of carboxylic acids is 2. The Kier molecular flexibility index (Phi) is 23.6. The number of aliphatic carboxylic acids is 2. The van der Waals surface area contributed by atoms with E-state index in [1.54, 1.807) is 38.1 Å². The number of Topliss-reactive ketones (excluding diaryl/α,β-unsaturated/α-hetero) is 1. The lowest BCUT2D eigenvalue weighted by molar-refractivity contribution is -0.173. The van der Waals surface area contributed by atoms with Gasteiger partial charge in [0.25, 0.3) is 0 Å². The van der Waals surface area contributed by atoms with Crippen LogP contribution in [0.3, 0.4) is 0 Å². The predicted octanol–water partition coefficient (Wildman–Crippen LogP) is 5.69. The van der Waals surface area contributed by atoms with Crippen molar-refractivity contribution in [3.63, 3.8) is 0 Å². The van der Waals surface area contributed by atoms with Crippen LogP contribution >= 0.6 is 0 Å². The summed E-state index contributed by atoms with van der Waals surface area (Å²) in [5.41, 5.74) is -2.53. The zero-order chi connectivity index (χ0) is 39.5. The standard InChI is InChI=1S/C40H57NO12/c1-4-7-9-12-15-19-31(42)20-16-13-10-11-14-17-21-33(40(50,39(48)49)28-35(43)44)37(46)41-34(38(47)53-29-52-36(45)18-6-3)27-30-22-24-32(25-23-30)51-26-8-5-2/h17,21-25,33-34,50H,4,6-7,9-16,18-20,26-29H2,1-3H3,(H,41,46)(H,43,44)(H,48,49)/t33-,34+,40+/m1/s1. The van der Waals surface area contributed by atoms with Gasteiger partial charge in [0.05, 0.1) is 12.3 Å². The minimum Gasteiger partial charge on any atom is -0.481 e. The largest absolute Gasteiger partial charge is 0.481 e. The molecule has 1 rings (SSSR count). The predicted molar refractivity (Wildman–Crippen MR) is 197 cm³/mol. The van der Waals surface area contributed by atoms with Gasteiger partial charge in [-0.3, -0.25) is 19.2 Å². The van der Waals surface area contributed by atoms with Crippen molar-refractivity contribution in [1.29, 1.82) is 0 Å². The number of hydrogen-bond donors (Lipinski definition) is 4. The number of carboxylic acid groups (broad SMARTS) is 2. The lowest BCUT2D eigenvalue weighted by atomic mass is 9.82. The number of nitrogens with one attached hydrogen (secondary N) is 1. The van der Waals surface area contributed by atoms with E-state index in [4.69, 9.17) is 14.2 Å². The average Bonchev–Trinajstić information content (AvgIpc) is 3.11. The molecule has 0 aliphatic rings. The topological polar surface area (TPSA) is 203 Å². The van der Waals surface area contributed by atoms with Crippen LogP contribution in [-0.2, 0) is 44.7 Å². The van der Waals surface area contributed by atoms with Crippen LogP contribution in [0.2, 0.25) is 0 Å². The molecule has 0 aliphatic heterocycles. The van der Waals surface area contributed by atoms with E-state index in [1.807, 2.05) is 0 Å². The number of allylic oxidation sites excluding steroid dienone is 1. The molecule has 4 N–H and O–H groups in total. The number of ether oxygens (including phenoxy) is 3. The summed E-state index contributed by atoms with van der Waals surface area (Å²) in [6.07, 6.45) is 11.7. The summed E-state index contributed by atoms with van der Waals surface area (Å²) in [6.45, 7) is 5.02. The van der Waals surface area contributed by atoms with Crippen molar-refractivity contribution in [2.75, 3.05) is 13.4 Å². The van der Waals surface area contributed by atoms with Crippen LogP contribution in [0.1, 0.15) is 123 Å². The summed E-state index contributed by atoms with van der Waals surface area (Å²) < 4.78 is 15.5. The van der Waals surface area contributed by atoms with Gasteiger partial charge in [0.1, 0.15) is 24.2 Å². The van der Waals surface area contributed by atoms with E-state index in [9.17, 15) is 44.1 Å². The number of carbonyl (C=O) groups is 6. The van der Waals surface area contributed by atoms with Crippen molar-refractivity contribution in [3.05, 3.63) is 42.0 Å². The van der Waals surface area contributed by atoms with E-state index < -0.39 is 60.6 Å². The normalized spacial score (nSPS) is 13.1. The van der Waals surface area contributed by atoms with E-state index in [2.05, 4.69) is 24.1 Å². The molecule has 0 aliphatic carbocycles. The number of esters is 2. The maximum Gasteiger partial charge on any atom is 0.337 e. The second-order valence-electron chi connectivity index (χ2n) is 12.8. The molecule has 0 fully saturated rings. The third kappa shape index (κ3) is 19.6. The van der Waals surface area contributed by atoms with Gasteiger partial charge in [0.15, 0.2) is 5.60 Å². The molecule has 1 aromatic rings. The molecule has 1 amide bonds. The molecule has 0 aromatic heterocycles. The van der Waals surface area contributed by atoms with Crippen LogP contribution in [0.25, 0.3) is 0 Å². The minimum absolute atomic E-state index is 0.0975. The van der Waals surface area contributed by atoms with E-state index in [1.165, 1.54) is 12.5 Å². The highest BCUT2D eigenvalue weighted by Crippen LogP contribution is 2.26. The summed E-state index contributed by atoms with van der Waals surface area (Å²) >= 11 is 0. The van der Waals surface area contributed by atoms with Crippen LogP contribution in [-0.4, -0.2) is 75.9 Å². The summed E-state index contributed by atoms with van der Waals surface area (Å²) in [5.74, 6) is -2.04. The third-order valence-electron chi connectivity index (χ3n) is 8.38. The fourth-order valence-electron chi connectivity index (χ4n) is 5.37. The number of hydrogen-bond acceptors (Lipinski definition) is 10. The molecule has 0 bridgehead atoms. The first kappa shape index (κ1) is 46.3. The van der Waals surface area contributed by atoms with Gasteiger partial charge in [-0.15, -0.1) is 5.92 Å². The van der Waals surface area contributed by atoms with E-state index in [-0.39, 0.29) is 25.2 Å². The van der Waals surface area contributed by atoms with Gasteiger partial charge in [-0.2, -0.15) is 0 Å². The minimum atomic E-state index is -3.06. The van der Waals surface area contributed by atoms with Crippen LogP contribution in [0.15, 0.2) is 36.4 Å². The molecule has 53 heavy (non-hydrogen) atoms. The highest BCUT2D eigenvalue weighted by atomic mass is 16.7. The molecule has 1 aromatic carbocycles. The highest BCUT2D eigenvalue weighted by molar-refractivity contribution is 5.95. The lowest BCUT2D eigenvalue weighted by Crippen LogP contribution is -2.55. The Morgan fingerprint density at radius 2 is 1.49 bits per heavy atom. The number of rotatable bonds is 29. The number of benzene rings is 1. The van der Waals surface area contributed by atoms with Gasteiger partial charge in [0, 0.05) is 25.7 Å². The van der Waals surface area contributed by atoms with Gasteiger partial charge >= 0.3 is 23.9 Å². The van der Waals surface area contributed by atoms with Crippen LogP contribution < -0.4 is 10.1 Å². The molecule has 0 heterocycles. The van der Waals surface area contributed by atoms with Crippen molar-refractivity contribution < 1.29 is 58.3 Å². The van der Waals surface area contributed by atoms with Gasteiger partial charge in [-0.25, -0.2) is 9.59 Å². The molecular weight excluding hydrogens is 686 g/mol. The molecule has 0 spiro atoms. The molecule has 13 nitrogen and oxygen atoms in total. The fraction of sp³-hybridized carbons (Fsp3) is 0.600. The highest BCUT2D eigenvalue weighted by Gasteiger charge is 2.49. The van der Waals surface area contributed by atoms with Crippen LogP contribution in [0.4, 0.5) is 0 Å². The quantitative estimate of drug-likeness (QED) is 0.0257. The Morgan fingerprint density at radius 3 is 2.08 bits per heavy atom. The number of ketones is 1. The van der Waals surface area contributed by atoms with Gasteiger partial charge < -0.3 is 34.8 Å². The zero-order valence-corrected chi connectivity index (χ0v) is 31.4. The maximum atomic E-state index is 13.7. The Labute approximate surface area is 312 Å². The first-order valence-corrected chi connectivity index (χ1v) is 18.5. The fourth-order valence-corrected chi connectivity index (χ4v) is 5.37. The number of amides is 1. The van der Waals surface area contributed by atoms with Gasteiger partial charge in [-0.1, -0.05) is 82.6 Å². The van der Waals surface area contributed by atoms with Crippen molar-refractivity contribution in [3.8, 4) is 17.6 Å². The Balaban J connectivity index is 3.07. The molecular formula is C40H57NO12. The summed E-state index contributed by atoms with van der Waals surface area (Å²) in [5, 5.41) is 32.9. The van der Waals surface area contributed by atoms with Crippen molar-refractivity contribution in [2.45, 2.75) is 135 Å². The number of unbranched alkanes of at least 4 members (excludes halogenated alkanes) is 8. The van der Waals surface area contributed by atoms with Gasteiger partial charge in [0.2, 0.25) is 12.7 Å². The number of carbonyl (C=O) groups excluding carboxylic acids is 4. The van der Waals surface area contributed by atoms with E-state index >= 15 is 0 Å². The monoisotopic (exact) mass is 743 g/mol. The average molecular weight is 744 g/mol. The molecule has 13 heteroatoms. The molecule has 0 saturated heterocycles. The van der Waals surface area contributed by atoms with Crippen molar-refractivity contribution in [1.82, 2.24) is 5.32 Å². The van der Waals surface area contributed by atoms with Gasteiger partial charge in [-0.05, 0) is 56.7 Å². The SMILES string of the molecule is CC#CCOc1ccc(C[C@H](NC(=O)[C@@H](C=CCCCCCCC(=O)CCCCCCC)[C@@](O)(CC(=O)O)C(=O)O)C(=O)OCOC(=O)CCC)cc1. The zero-order valence-electron chi connectivity index (χ0n) is 31.4. The van der Waals surface area contributed by atoms with E-state index in [0.717, 1.165) is 51.0 Å². The number of aliphatic hydroxyl groups is 1. The molecule has 0 unspecified atom stereocenters. The second-order valence-corrected chi connectivity index (χ2v) is 12.8. The van der Waals surface area contributed by atoms with Crippen molar-refractivity contribution >= 4 is 35.6 Å². The first-order valence-electron chi connectivity index (χ1n) is 18.5.